The van der Waals surface area contributed by atoms with Crippen LogP contribution in [0.5, 0.6) is 0 Å². The van der Waals surface area contributed by atoms with E-state index in [1.807, 2.05) is 30.3 Å². The van der Waals surface area contributed by atoms with Crippen molar-refractivity contribution in [3.05, 3.63) is 92.8 Å². The lowest BCUT2D eigenvalue weighted by Crippen LogP contribution is -2.06. The fourth-order valence-corrected chi connectivity index (χ4v) is 2.79. The summed E-state index contributed by atoms with van der Waals surface area (Å²) in [6.45, 7) is 0. The minimum absolute atomic E-state index is 0.257. The maximum absolute atomic E-state index is 12.6. The second-order valence-electron chi connectivity index (χ2n) is 5.52. The number of esters is 1. The number of hydrogen-bond acceptors (Lipinski definition) is 4. The van der Waals surface area contributed by atoms with Gasteiger partial charge in [-0.15, -0.1) is 0 Å². The standard InChI is InChI=1S/C20H11ClO4/c21-15-6-7-17-16(10-15)19(22)14(11-24-17)8-13-9-18(25-20(13)23)12-4-2-1-3-5-12/h1-11H. The van der Waals surface area contributed by atoms with Gasteiger partial charge in [-0.25, -0.2) is 4.79 Å². The summed E-state index contributed by atoms with van der Waals surface area (Å²) in [5.74, 6) is -0.0606. The number of benzene rings is 2. The topological polar surface area (TPSA) is 56.5 Å². The quantitative estimate of drug-likeness (QED) is 0.507. The van der Waals surface area contributed by atoms with E-state index in [4.69, 9.17) is 20.8 Å². The molecule has 4 rings (SSSR count). The predicted octanol–water partition coefficient (Wildman–Crippen LogP) is 4.43. The molecule has 0 N–H and O–H groups in total. The Balaban J connectivity index is 1.79. The average Bonchev–Trinajstić information content (AvgIpc) is 2.99. The number of cyclic esters (lactones) is 1. The summed E-state index contributed by atoms with van der Waals surface area (Å²) in [5.41, 5.74) is 1.51. The fraction of sp³-hybridized carbons (Fsp3) is 0. The molecule has 1 aromatic heterocycles. The number of carbonyl (C=O) groups excluding carboxylic acids is 1. The summed E-state index contributed by atoms with van der Waals surface area (Å²) < 4.78 is 10.7. The van der Waals surface area contributed by atoms with Crippen molar-refractivity contribution in [1.82, 2.24) is 0 Å². The van der Waals surface area contributed by atoms with Crippen LogP contribution in [0.15, 0.2) is 75.7 Å². The Morgan fingerprint density at radius 2 is 1.80 bits per heavy atom. The molecular formula is C20H11ClO4. The molecule has 4 nitrogen and oxygen atoms in total. The molecular weight excluding hydrogens is 340 g/mol. The molecule has 2 aromatic carbocycles. The van der Waals surface area contributed by atoms with Crippen molar-refractivity contribution in [1.29, 1.82) is 0 Å². The lowest BCUT2D eigenvalue weighted by atomic mass is 10.1. The maximum atomic E-state index is 12.6. The Kier molecular flexibility index (Phi) is 3.75. The molecule has 0 atom stereocenters. The lowest BCUT2D eigenvalue weighted by Gasteiger charge is -2.00. The third-order valence-electron chi connectivity index (χ3n) is 3.86. The normalized spacial score (nSPS) is 15.5. The van der Waals surface area contributed by atoms with E-state index >= 15 is 0 Å². The molecule has 0 aliphatic carbocycles. The largest absolute Gasteiger partial charge is 0.463 e. The molecule has 0 unspecified atom stereocenters. The van der Waals surface area contributed by atoms with E-state index in [1.54, 1.807) is 24.3 Å². The van der Waals surface area contributed by atoms with Crippen molar-refractivity contribution in [3.63, 3.8) is 0 Å². The van der Waals surface area contributed by atoms with Gasteiger partial charge in [-0.05, 0) is 30.4 Å². The molecule has 5 heteroatoms. The van der Waals surface area contributed by atoms with E-state index in [0.29, 0.717) is 21.8 Å². The first-order valence-electron chi connectivity index (χ1n) is 7.54. The number of rotatable bonds is 2. The van der Waals surface area contributed by atoms with Crippen LogP contribution in [-0.2, 0) is 9.53 Å². The van der Waals surface area contributed by atoms with E-state index in [-0.39, 0.29) is 16.6 Å². The summed E-state index contributed by atoms with van der Waals surface area (Å²) in [6, 6.07) is 14.1. The highest BCUT2D eigenvalue weighted by atomic mass is 35.5. The Morgan fingerprint density at radius 3 is 2.60 bits per heavy atom. The van der Waals surface area contributed by atoms with Crippen molar-refractivity contribution < 1.29 is 13.9 Å². The Bertz CT molecular complexity index is 1110. The van der Waals surface area contributed by atoms with Gasteiger partial charge in [0.25, 0.3) is 0 Å². The molecule has 0 spiro atoms. The van der Waals surface area contributed by atoms with Gasteiger partial charge in [0.1, 0.15) is 17.6 Å². The molecule has 1 aliphatic heterocycles. The molecule has 0 radical (unpaired) electrons. The first kappa shape index (κ1) is 15.4. The van der Waals surface area contributed by atoms with Gasteiger partial charge in [0.05, 0.1) is 16.5 Å². The van der Waals surface area contributed by atoms with E-state index < -0.39 is 5.97 Å². The second-order valence-corrected chi connectivity index (χ2v) is 5.96. The van der Waals surface area contributed by atoms with Crippen LogP contribution in [0.1, 0.15) is 11.1 Å². The van der Waals surface area contributed by atoms with Crippen LogP contribution in [0.3, 0.4) is 0 Å². The number of fused-ring (bicyclic) bond motifs is 1. The van der Waals surface area contributed by atoms with Gasteiger partial charge in [-0.1, -0.05) is 41.9 Å². The SMILES string of the molecule is O=C1OC(c2ccccc2)=CC1=Cc1coc2ccc(Cl)cc2c1=O. The number of halogens is 1. The summed E-state index contributed by atoms with van der Waals surface area (Å²) >= 11 is 5.94. The van der Waals surface area contributed by atoms with Crippen molar-refractivity contribution in [2.75, 3.05) is 0 Å². The van der Waals surface area contributed by atoms with E-state index in [0.717, 1.165) is 5.56 Å². The zero-order valence-electron chi connectivity index (χ0n) is 12.9. The zero-order valence-corrected chi connectivity index (χ0v) is 13.6. The Labute approximate surface area is 147 Å². The van der Waals surface area contributed by atoms with Crippen molar-refractivity contribution in [2.24, 2.45) is 0 Å². The molecule has 25 heavy (non-hydrogen) atoms. The lowest BCUT2D eigenvalue weighted by molar-refractivity contribution is -0.130. The highest BCUT2D eigenvalue weighted by Crippen LogP contribution is 2.27. The predicted molar refractivity (Wildman–Crippen MR) is 96.0 cm³/mol. The Hall–Kier alpha value is -3.11. The van der Waals surface area contributed by atoms with Gasteiger partial charge >= 0.3 is 5.97 Å². The minimum atomic E-state index is -0.510. The minimum Gasteiger partial charge on any atom is -0.463 e. The van der Waals surface area contributed by atoms with Crippen molar-refractivity contribution in [2.45, 2.75) is 0 Å². The number of carbonyl (C=O) groups is 1. The van der Waals surface area contributed by atoms with E-state index in [1.165, 1.54) is 12.3 Å². The van der Waals surface area contributed by atoms with Crippen LogP contribution in [0.25, 0.3) is 22.8 Å². The maximum Gasteiger partial charge on any atom is 0.343 e. The number of ether oxygens (including phenoxy) is 1. The monoisotopic (exact) mass is 350 g/mol. The molecule has 0 fully saturated rings. The van der Waals surface area contributed by atoms with Crippen LogP contribution in [0.2, 0.25) is 5.02 Å². The smallest absolute Gasteiger partial charge is 0.343 e. The molecule has 0 bridgehead atoms. The van der Waals surface area contributed by atoms with Crippen LogP contribution in [0.4, 0.5) is 0 Å². The fourth-order valence-electron chi connectivity index (χ4n) is 2.62. The van der Waals surface area contributed by atoms with Gasteiger partial charge in [-0.3, -0.25) is 4.79 Å². The van der Waals surface area contributed by atoms with Crippen LogP contribution in [-0.4, -0.2) is 5.97 Å². The average molecular weight is 351 g/mol. The highest BCUT2D eigenvalue weighted by Gasteiger charge is 2.22. The van der Waals surface area contributed by atoms with Crippen molar-refractivity contribution >= 4 is 40.4 Å². The molecule has 2 heterocycles. The molecule has 0 amide bonds. The third-order valence-corrected chi connectivity index (χ3v) is 4.09. The third kappa shape index (κ3) is 2.88. The van der Waals surface area contributed by atoms with Crippen LogP contribution < -0.4 is 5.43 Å². The highest BCUT2D eigenvalue weighted by molar-refractivity contribution is 6.31. The number of hydrogen-bond donors (Lipinski definition) is 0. The van der Waals surface area contributed by atoms with Gasteiger partial charge in [-0.2, -0.15) is 0 Å². The molecule has 0 saturated carbocycles. The van der Waals surface area contributed by atoms with Gasteiger partial charge in [0.2, 0.25) is 0 Å². The zero-order chi connectivity index (χ0) is 17.4. The van der Waals surface area contributed by atoms with E-state index in [9.17, 15) is 9.59 Å². The van der Waals surface area contributed by atoms with Crippen molar-refractivity contribution in [3.8, 4) is 0 Å². The molecule has 1 aliphatic rings. The van der Waals surface area contributed by atoms with Gasteiger partial charge < -0.3 is 9.15 Å². The summed E-state index contributed by atoms with van der Waals surface area (Å²) in [6.07, 6.45) is 4.40. The first-order valence-corrected chi connectivity index (χ1v) is 7.92. The Morgan fingerprint density at radius 1 is 1.00 bits per heavy atom. The summed E-state index contributed by atoms with van der Waals surface area (Å²) in [4.78, 5) is 24.7. The first-order chi connectivity index (χ1) is 12.1. The van der Waals surface area contributed by atoms with Crippen LogP contribution >= 0.6 is 11.6 Å². The summed E-state index contributed by atoms with van der Waals surface area (Å²) in [5, 5.41) is 0.802. The van der Waals surface area contributed by atoms with Gasteiger partial charge in [0, 0.05) is 10.6 Å². The van der Waals surface area contributed by atoms with Gasteiger partial charge in [0.15, 0.2) is 5.43 Å². The molecule has 0 saturated heterocycles. The molecule has 3 aromatic rings. The second kappa shape index (κ2) is 6.07. The van der Waals surface area contributed by atoms with E-state index in [2.05, 4.69) is 0 Å². The van der Waals surface area contributed by atoms with Crippen LogP contribution in [0, 0.1) is 0 Å². The summed E-state index contributed by atoms with van der Waals surface area (Å²) in [7, 11) is 0. The molecule has 122 valence electrons.